The first kappa shape index (κ1) is 19.5. The fourth-order valence-electron chi connectivity index (χ4n) is 3.19. The maximum atomic E-state index is 12.6. The van der Waals surface area contributed by atoms with Crippen LogP contribution in [-0.2, 0) is 11.2 Å². The Morgan fingerprint density at radius 3 is 2.56 bits per heavy atom. The number of hydrogen-bond donors (Lipinski definition) is 1. The monoisotopic (exact) mass is 405 g/mol. The van der Waals surface area contributed by atoms with Crippen molar-refractivity contribution in [2.75, 3.05) is 23.8 Å². The summed E-state index contributed by atoms with van der Waals surface area (Å²) in [6.07, 6.45) is 0.786. The van der Waals surface area contributed by atoms with Gasteiger partial charge in [-0.2, -0.15) is 0 Å². The number of nitrogens with one attached hydrogen (secondary N) is 1. The van der Waals surface area contributed by atoms with E-state index in [1.54, 1.807) is 35.9 Å². The standard InChI is InChI=1S/C20H21Cl2N3O2/c1-12(14-4-6-17(21)18(22)11-14)24(3)20(27)23-16-5-7-19-15(10-16)8-9-25(19)13(2)26/h4-7,10-12H,8-9H2,1-3H3,(H,23,27). The number of fused-ring (bicyclic) bond motifs is 1. The summed E-state index contributed by atoms with van der Waals surface area (Å²) < 4.78 is 0. The van der Waals surface area contributed by atoms with Crippen molar-refractivity contribution in [1.29, 1.82) is 0 Å². The van der Waals surface area contributed by atoms with Gasteiger partial charge in [-0.3, -0.25) is 4.79 Å². The van der Waals surface area contributed by atoms with Crippen LogP contribution in [0.25, 0.3) is 0 Å². The van der Waals surface area contributed by atoms with E-state index >= 15 is 0 Å². The highest BCUT2D eigenvalue weighted by Gasteiger charge is 2.23. The van der Waals surface area contributed by atoms with Gasteiger partial charge in [-0.25, -0.2) is 4.79 Å². The van der Waals surface area contributed by atoms with Gasteiger partial charge in [0, 0.05) is 31.9 Å². The summed E-state index contributed by atoms with van der Waals surface area (Å²) in [5.74, 6) is 0.0284. The number of nitrogens with zero attached hydrogens (tertiary/aromatic N) is 2. The number of carbonyl (C=O) groups is 2. The van der Waals surface area contributed by atoms with Crippen LogP contribution in [0.15, 0.2) is 36.4 Å². The van der Waals surface area contributed by atoms with Crippen molar-refractivity contribution < 1.29 is 9.59 Å². The molecular formula is C20H21Cl2N3O2. The van der Waals surface area contributed by atoms with E-state index < -0.39 is 0 Å². The molecule has 1 unspecified atom stereocenters. The maximum Gasteiger partial charge on any atom is 0.322 e. The second-order valence-electron chi connectivity index (χ2n) is 6.65. The lowest BCUT2D eigenvalue weighted by atomic mass is 10.1. The molecule has 3 amide bonds. The van der Waals surface area contributed by atoms with E-state index in [1.165, 1.54) is 0 Å². The van der Waals surface area contributed by atoms with E-state index in [9.17, 15) is 9.59 Å². The average Bonchev–Trinajstić information content (AvgIpc) is 3.06. The molecule has 0 bridgehead atoms. The van der Waals surface area contributed by atoms with Crippen LogP contribution < -0.4 is 10.2 Å². The number of benzene rings is 2. The Labute approximate surface area is 168 Å². The van der Waals surface area contributed by atoms with Crippen LogP contribution >= 0.6 is 23.2 Å². The first-order chi connectivity index (χ1) is 12.8. The highest BCUT2D eigenvalue weighted by Crippen LogP contribution is 2.31. The van der Waals surface area contributed by atoms with Crippen molar-refractivity contribution >= 4 is 46.5 Å². The third kappa shape index (κ3) is 4.04. The smallest absolute Gasteiger partial charge is 0.321 e. The molecule has 3 rings (SSSR count). The summed E-state index contributed by atoms with van der Waals surface area (Å²) >= 11 is 12.0. The zero-order valence-corrected chi connectivity index (χ0v) is 16.9. The molecule has 1 aliphatic heterocycles. The van der Waals surface area contributed by atoms with E-state index in [0.717, 1.165) is 23.2 Å². The van der Waals surface area contributed by atoms with Gasteiger partial charge in [0.05, 0.1) is 16.1 Å². The van der Waals surface area contributed by atoms with E-state index in [-0.39, 0.29) is 18.0 Å². The largest absolute Gasteiger partial charge is 0.322 e. The van der Waals surface area contributed by atoms with Gasteiger partial charge in [-0.1, -0.05) is 29.3 Å². The van der Waals surface area contributed by atoms with Gasteiger partial charge in [0.2, 0.25) is 5.91 Å². The summed E-state index contributed by atoms with van der Waals surface area (Å²) in [4.78, 5) is 27.6. The van der Waals surface area contributed by atoms with Gasteiger partial charge < -0.3 is 15.1 Å². The second kappa shape index (κ2) is 7.79. The number of halogens is 2. The number of anilines is 2. The number of amides is 3. The molecule has 7 heteroatoms. The molecule has 1 atom stereocenters. The third-order valence-electron chi connectivity index (χ3n) is 4.93. The molecule has 1 aliphatic rings. The molecule has 0 aliphatic carbocycles. The van der Waals surface area contributed by atoms with Gasteiger partial charge in [0.15, 0.2) is 0 Å². The molecule has 0 aromatic heterocycles. The zero-order valence-electron chi connectivity index (χ0n) is 15.4. The van der Waals surface area contributed by atoms with Gasteiger partial charge in [-0.05, 0) is 54.8 Å². The van der Waals surface area contributed by atoms with E-state index in [0.29, 0.717) is 22.3 Å². The van der Waals surface area contributed by atoms with Crippen molar-refractivity contribution in [1.82, 2.24) is 4.90 Å². The van der Waals surface area contributed by atoms with Gasteiger partial charge in [0.25, 0.3) is 0 Å². The molecule has 0 saturated carbocycles. The van der Waals surface area contributed by atoms with Crippen LogP contribution in [0.4, 0.5) is 16.2 Å². The second-order valence-corrected chi connectivity index (χ2v) is 7.47. The van der Waals surface area contributed by atoms with Crippen LogP contribution in [0.2, 0.25) is 10.0 Å². The topological polar surface area (TPSA) is 52.7 Å². The highest BCUT2D eigenvalue weighted by molar-refractivity contribution is 6.42. The molecule has 2 aromatic carbocycles. The van der Waals surface area contributed by atoms with Gasteiger partial charge in [-0.15, -0.1) is 0 Å². The Morgan fingerprint density at radius 1 is 1.15 bits per heavy atom. The summed E-state index contributed by atoms with van der Waals surface area (Å²) in [7, 11) is 1.73. The first-order valence-corrected chi connectivity index (χ1v) is 9.43. The average molecular weight is 406 g/mol. The van der Waals surface area contributed by atoms with Crippen LogP contribution in [0, 0.1) is 0 Å². The van der Waals surface area contributed by atoms with Crippen molar-refractivity contribution in [2.45, 2.75) is 26.3 Å². The van der Waals surface area contributed by atoms with Crippen molar-refractivity contribution in [3.05, 3.63) is 57.6 Å². The molecule has 1 heterocycles. The molecule has 0 fully saturated rings. The van der Waals surface area contributed by atoms with Crippen molar-refractivity contribution in [2.24, 2.45) is 0 Å². The summed E-state index contributed by atoms with van der Waals surface area (Å²) in [5, 5.41) is 3.86. The normalized spacial score (nSPS) is 13.9. The molecular weight excluding hydrogens is 385 g/mol. The Kier molecular flexibility index (Phi) is 5.63. The molecule has 142 valence electrons. The molecule has 0 saturated heterocycles. The Hall–Kier alpha value is -2.24. The Bertz CT molecular complexity index is 901. The third-order valence-corrected chi connectivity index (χ3v) is 5.67. The number of urea groups is 1. The minimum atomic E-state index is -0.227. The van der Waals surface area contributed by atoms with Crippen LogP contribution in [-0.4, -0.2) is 30.4 Å². The molecule has 5 nitrogen and oxygen atoms in total. The minimum Gasteiger partial charge on any atom is -0.321 e. The molecule has 27 heavy (non-hydrogen) atoms. The van der Waals surface area contributed by atoms with Crippen molar-refractivity contribution in [3.63, 3.8) is 0 Å². The lowest BCUT2D eigenvalue weighted by molar-refractivity contribution is -0.116. The highest BCUT2D eigenvalue weighted by atomic mass is 35.5. The molecule has 1 N–H and O–H groups in total. The molecule has 0 radical (unpaired) electrons. The zero-order chi connectivity index (χ0) is 19.7. The van der Waals surface area contributed by atoms with E-state index in [4.69, 9.17) is 23.2 Å². The Balaban J connectivity index is 1.71. The molecule has 2 aromatic rings. The SMILES string of the molecule is CC(=O)N1CCc2cc(NC(=O)N(C)C(C)c3ccc(Cl)c(Cl)c3)ccc21. The Morgan fingerprint density at radius 2 is 1.89 bits per heavy atom. The van der Waals surface area contributed by atoms with Crippen LogP contribution in [0.5, 0.6) is 0 Å². The van der Waals surface area contributed by atoms with E-state index in [1.807, 2.05) is 31.2 Å². The minimum absolute atomic E-state index is 0.0284. The predicted octanol–water partition coefficient (Wildman–Crippen LogP) is 5.13. The number of hydrogen-bond acceptors (Lipinski definition) is 2. The quantitative estimate of drug-likeness (QED) is 0.769. The number of rotatable bonds is 3. The summed E-state index contributed by atoms with van der Waals surface area (Å²) in [6, 6.07) is 10.6. The number of carbonyl (C=O) groups excluding carboxylic acids is 2. The first-order valence-electron chi connectivity index (χ1n) is 8.67. The fraction of sp³-hybridized carbons (Fsp3) is 0.300. The lowest BCUT2D eigenvalue weighted by Gasteiger charge is -2.26. The van der Waals surface area contributed by atoms with Crippen molar-refractivity contribution in [3.8, 4) is 0 Å². The maximum absolute atomic E-state index is 12.6. The summed E-state index contributed by atoms with van der Waals surface area (Å²) in [6.45, 7) is 4.16. The van der Waals surface area contributed by atoms with Crippen LogP contribution in [0.3, 0.4) is 0 Å². The lowest BCUT2D eigenvalue weighted by Crippen LogP contribution is -2.33. The fourth-order valence-corrected chi connectivity index (χ4v) is 3.50. The molecule has 0 spiro atoms. The van der Waals surface area contributed by atoms with Gasteiger partial charge >= 0.3 is 6.03 Å². The van der Waals surface area contributed by atoms with Crippen LogP contribution in [0.1, 0.15) is 31.0 Å². The van der Waals surface area contributed by atoms with Gasteiger partial charge in [0.1, 0.15) is 0 Å². The predicted molar refractivity (Wildman–Crippen MR) is 110 cm³/mol. The van der Waals surface area contributed by atoms with E-state index in [2.05, 4.69) is 5.32 Å². The summed E-state index contributed by atoms with van der Waals surface area (Å²) in [5.41, 5.74) is 3.58.